The first kappa shape index (κ1) is 11.3. The second kappa shape index (κ2) is 5.20. The van der Waals surface area contributed by atoms with Crippen molar-refractivity contribution in [2.75, 3.05) is 11.9 Å². The molecule has 1 aromatic rings. The lowest BCUT2D eigenvalue weighted by molar-refractivity contribution is 0.440. The Labute approximate surface area is 90.7 Å². The maximum atomic E-state index is 5.91. The Kier molecular flexibility index (Phi) is 4.21. The summed E-state index contributed by atoms with van der Waals surface area (Å²) in [5.41, 5.74) is 0.918. The summed E-state index contributed by atoms with van der Waals surface area (Å²) in [6, 6.07) is 3.83. The molecule has 1 unspecified atom stereocenters. The summed E-state index contributed by atoms with van der Waals surface area (Å²) in [6.45, 7) is 7.60. The van der Waals surface area contributed by atoms with Crippen LogP contribution >= 0.6 is 11.6 Å². The van der Waals surface area contributed by atoms with Gasteiger partial charge in [0.05, 0.1) is 5.69 Å². The topological polar surface area (TPSA) is 24.9 Å². The van der Waals surface area contributed by atoms with Gasteiger partial charge < -0.3 is 5.32 Å². The van der Waals surface area contributed by atoms with Gasteiger partial charge in [0.15, 0.2) is 5.15 Å². The number of hydrogen-bond donors (Lipinski definition) is 1. The summed E-state index contributed by atoms with van der Waals surface area (Å²) in [5, 5.41) is 3.84. The Morgan fingerprint density at radius 3 is 2.71 bits per heavy atom. The van der Waals surface area contributed by atoms with E-state index in [0.29, 0.717) is 17.0 Å². The zero-order valence-electron chi connectivity index (χ0n) is 8.92. The second-order valence-electron chi connectivity index (χ2n) is 3.94. The molecule has 1 N–H and O–H groups in total. The molecule has 1 heterocycles. The molecule has 0 aliphatic carbocycles. The van der Waals surface area contributed by atoms with E-state index in [1.165, 1.54) is 0 Å². The molecule has 0 saturated heterocycles. The van der Waals surface area contributed by atoms with Gasteiger partial charge in [-0.3, -0.25) is 0 Å². The molecular weight excluding hydrogens is 196 g/mol. The molecule has 0 fully saturated rings. The molecule has 0 spiro atoms. The monoisotopic (exact) mass is 212 g/mol. The zero-order valence-corrected chi connectivity index (χ0v) is 9.67. The highest BCUT2D eigenvalue weighted by molar-refractivity contribution is 6.31. The van der Waals surface area contributed by atoms with Gasteiger partial charge in [-0.1, -0.05) is 32.4 Å². The molecule has 0 amide bonds. The quantitative estimate of drug-likeness (QED) is 0.774. The van der Waals surface area contributed by atoms with Crippen molar-refractivity contribution in [1.29, 1.82) is 0 Å². The molecule has 78 valence electrons. The third kappa shape index (κ3) is 3.18. The molecule has 0 aliphatic rings. The van der Waals surface area contributed by atoms with E-state index < -0.39 is 0 Å². The fourth-order valence-electron chi connectivity index (χ4n) is 1.02. The number of halogens is 1. The van der Waals surface area contributed by atoms with Crippen molar-refractivity contribution < 1.29 is 0 Å². The van der Waals surface area contributed by atoms with E-state index in [9.17, 15) is 0 Å². The lowest BCUT2D eigenvalue weighted by Gasteiger charge is -2.17. The van der Waals surface area contributed by atoms with Gasteiger partial charge in [0.25, 0.3) is 0 Å². The van der Waals surface area contributed by atoms with Gasteiger partial charge in [0, 0.05) is 12.7 Å². The highest BCUT2D eigenvalue weighted by Gasteiger charge is 2.07. The van der Waals surface area contributed by atoms with Crippen LogP contribution in [0.4, 0.5) is 5.69 Å². The van der Waals surface area contributed by atoms with E-state index in [1.807, 2.05) is 12.1 Å². The Morgan fingerprint density at radius 1 is 1.43 bits per heavy atom. The van der Waals surface area contributed by atoms with Crippen LogP contribution in [-0.4, -0.2) is 11.5 Å². The SMILES string of the molecule is CC(C)C(C)CNc1cccnc1Cl. The number of rotatable bonds is 4. The van der Waals surface area contributed by atoms with E-state index in [1.54, 1.807) is 6.20 Å². The van der Waals surface area contributed by atoms with E-state index in [2.05, 4.69) is 31.1 Å². The molecular formula is C11H17ClN2. The maximum Gasteiger partial charge on any atom is 0.152 e. The molecule has 2 nitrogen and oxygen atoms in total. The van der Waals surface area contributed by atoms with E-state index in [4.69, 9.17) is 11.6 Å². The minimum Gasteiger partial charge on any atom is -0.382 e. The lowest BCUT2D eigenvalue weighted by atomic mass is 9.98. The molecule has 3 heteroatoms. The van der Waals surface area contributed by atoms with Crippen molar-refractivity contribution in [2.45, 2.75) is 20.8 Å². The molecule has 0 saturated carbocycles. The summed E-state index contributed by atoms with van der Waals surface area (Å²) in [5.74, 6) is 1.31. The Bertz CT molecular complexity index is 286. The third-order valence-corrected chi connectivity index (χ3v) is 2.81. The van der Waals surface area contributed by atoms with E-state index >= 15 is 0 Å². The molecule has 0 radical (unpaired) electrons. The van der Waals surface area contributed by atoms with E-state index in [0.717, 1.165) is 12.2 Å². The fraction of sp³-hybridized carbons (Fsp3) is 0.545. The van der Waals surface area contributed by atoms with Gasteiger partial charge in [-0.15, -0.1) is 0 Å². The van der Waals surface area contributed by atoms with Crippen molar-refractivity contribution in [3.05, 3.63) is 23.5 Å². The number of nitrogens with zero attached hydrogens (tertiary/aromatic N) is 1. The molecule has 0 bridgehead atoms. The fourth-order valence-corrected chi connectivity index (χ4v) is 1.21. The van der Waals surface area contributed by atoms with Crippen LogP contribution in [0.25, 0.3) is 0 Å². The van der Waals surface area contributed by atoms with Crippen LogP contribution in [0.5, 0.6) is 0 Å². The summed E-state index contributed by atoms with van der Waals surface area (Å²) in [4.78, 5) is 4.00. The van der Waals surface area contributed by atoms with Gasteiger partial charge in [-0.25, -0.2) is 4.98 Å². The van der Waals surface area contributed by atoms with Gasteiger partial charge in [-0.05, 0) is 24.0 Å². The van der Waals surface area contributed by atoms with Crippen LogP contribution in [0.3, 0.4) is 0 Å². The Hall–Kier alpha value is -0.760. The van der Waals surface area contributed by atoms with E-state index in [-0.39, 0.29) is 0 Å². The van der Waals surface area contributed by atoms with Gasteiger partial charge in [-0.2, -0.15) is 0 Å². The summed E-state index contributed by atoms with van der Waals surface area (Å²) < 4.78 is 0. The smallest absolute Gasteiger partial charge is 0.152 e. The molecule has 0 aromatic carbocycles. The highest BCUT2D eigenvalue weighted by Crippen LogP contribution is 2.19. The van der Waals surface area contributed by atoms with Crippen molar-refractivity contribution >= 4 is 17.3 Å². The Morgan fingerprint density at radius 2 is 2.14 bits per heavy atom. The van der Waals surface area contributed by atoms with Gasteiger partial charge in [0.2, 0.25) is 0 Å². The van der Waals surface area contributed by atoms with Crippen molar-refractivity contribution in [3.8, 4) is 0 Å². The normalized spacial score (nSPS) is 12.9. The number of aromatic nitrogens is 1. The molecule has 1 rings (SSSR count). The van der Waals surface area contributed by atoms with Crippen LogP contribution in [-0.2, 0) is 0 Å². The number of pyridine rings is 1. The minimum atomic E-state index is 0.545. The highest BCUT2D eigenvalue weighted by atomic mass is 35.5. The average molecular weight is 213 g/mol. The zero-order chi connectivity index (χ0) is 10.6. The van der Waals surface area contributed by atoms with Crippen molar-refractivity contribution in [2.24, 2.45) is 11.8 Å². The minimum absolute atomic E-state index is 0.545. The van der Waals surface area contributed by atoms with Crippen LogP contribution in [0.2, 0.25) is 5.15 Å². The van der Waals surface area contributed by atoms with Crippen LogP contribution < -0.4 is 5.32 Å². The predicted octanol–water partition coefficient (Wildman–Crippen LogP) is 3.44. The number of hydrogen-bond acceptors (Lipinski definition) is 2. The van der Waals surface area contributed by atoms with Crippen LogP contribution in [0.1, 0.15) is 20.8 Å². The Balaban J connectivity index is 2.50. The van der Waals surface area contributed by atoms with Crippen LogP contribution in [0, 0.1) is 11.8 Å². The molecule has 0 aliphatic heterocycles. The maximum absolute atomic E-state index is 5.91. The second-order valence-corrected chi connectivity index (χ2v) is 4.30. The molecule has 1 aromatic heterocycles. The average Bonchev–Trinajstić information content (AvgIpc) is 2.16. The first-order valence-corrected chi connectivity index (χ1v) is 5.33. The lowest BCUT2D eigenvalue weighted by Crippen LogP contribution is -2.16. The van der Waals surface area contributed by atoms with Crippen LogP contribution in [0.15, 0.2) is 18.3 Å². The summed E-state index contributed by atoms with van der Waals surface area (Å²) in [6.07, 6.45) is 1.69. The standard InChI is InChI=1S/C11H17ClN2/c1-8(2)9(3)7-14-10-5-4-6-13-11(10)12/h4-6,8-9,14H,7H2,1-3H3. The number of anilines is 1. The summed E-state index contributed by atoms with van der Waals surface area (Å²) in [7, 11) is 0. The molecule has 1 atom stereocenters. The predicted molar refractivity (Wildman–Crippen MR) is 61.7 cm³/mol. The third-order valence-electron chi connectivity index (χ3n) is 2.51. The summed E-state index contributed by atoms with van der Waals surface area (Å²) >= 11 is 5.91. The largest absolute Gasteiger partial charge is 0.382 e. The van der Waals surface area contributed by atoms with Crippen molar-refractivity contribution in [1.82, 2.24) is 4.98 Å². The first-order chi connectivity index (χ1) is 6.61. The number of nitrogens with one attached hydrogen (secondary N) is 1. The van der Waals surface area contributed by atoms with Gasteiger partial charge in [0.1, 0.15) is 0 Å². The molecule has 14 heavy (non-hydrogen) atoms. The van der Waals surface area contributed by atoms with Gasteiger partial charge >= 0.3 is 0 Å². The van der Waals surface area contributed by atoms with Crippen molar-refractivity contribution in [3.63, 3.8) is 0 Å². The first-order valence-electron chi connectivity index (χ1n) is 4.95.